The summed E-state index contributed by atoms with van der Waals surface area (Å²) < 4.78 is 33.6. The van der Waals surface area contributed by atoms with E-state index in [2.05, 4.69) is 10.1 Å². The minimum Gasteiger partial charge on any atom is -0.334 e. The first kappa shape index (κ1) is 19.8. The van der Waals surface area contributed by atoms with Crippen molar-refractivity contribution >= 4 is 10.0 Å². The molecule has 0 N–H and O–H groups in total. The molecule has 1 fully saturated rings. The molecule has 0 aliphatic carbocycles. The van der Waals surface area contributed by atoms with E-state index in [0.29, 0.717) is 23.8 Å². The summed E-state index contributed by atoms with van der Waals surface area (Å²) in [6.07, 6.45) is 3.72. The third-order valence-electron chi connectivity index (χ3n) is 5.47. The Hall–Kier alpha value is -2.51. The topological polar surface area (TPSA) is 76.3 Å². The lowest BCUT2D eigenvalue weighted by molar-refractivity contribution is 0.246. The Morgan fingerprint density at radius 3 is 2.66 bits per heavy atom. The highest BCUT2D eigenvalue weighted by Gasteiger charge is 2.32. The van der Waals surface area contributed by atoms with Crippen LogP contribution in [0.3, 0.4) is 0 Å². The number of sulfonamides is 1. The Bertz CT molecular complexity index is 1090. The van der Waals surface area contributed by atoms with Crippen LogP contribution in [0.1, 0.15) is 38.2 Å². The van der Waals surface area contributed by atoms with Gasteiger partial charge in [-0.15, -0.1) is 0 Å². The molecule has 3 aromatic rings. The van der Waals surface area contributed by atoms with Crippen LogP contribution in [0, 0.1) is 6.92 Å². The number of rotatable bonds is 5. The van der Waals surface area contributed by atoms with Crippen molar-refractivity contribution in [3.63, 3.8) is 0 Å². The molecular weight excluding hydrogens is 386 g/mol. The first-order valence-corrected chi connectivity index (χ1v) is 11.5. The first-order valence-electron chi connectivity index (χ1n) is 10.0. The molecule has 0 amide bonds. The second kappa shape index (κ2) is 8.08. The summed E-state index contributed by atoms with van der Waals surface area (Å²) in [4.78, 5) is 4.73. The Morgan fingerprint density at radius 1 is 1.10 bits per heavy atom. The fourth-order valence-corrected chi connectivity index (χ4v) is 5.60. The molecule has 0 unspecified atom stereocenters. The second-order valence-electron chi connectivity index (χ2n) is 7.49. The highest BCUT2D eigenvalue weighted by molar-refractivity contribution is 7.89. The fraction of sp³-hybridized carbons (Fsp3) is 0.364. The van der Waals surface area contributed by atoms with Gasteiger partial charge >= 0.3 is 0 Å². The van der Waals surface area contributed by atoms with Gasteiger partial charge in [0.15, 0.2) is 0 Å². The number of nitrogens with zero attached hydrogens (tertiary/aromatic N) is 3. The lowest BCUT2D eigenvalue weighted by Crippen LogP contribution is -2.43. The molecule has 4 rings (SSSR count). The molecule has 7 heteroatoms. The number of piperidine rings is 1. The average Bonchev–Trinajstić information content (AvgIpc) is 3.24. The maximum Gasteiger partial charge on any atom is 0.258 e. The van der Waals surface area contributed by atoms with Crippen LogP contribution in [0.25, 0.3) is 22.8 Å². The number of aryl methyl sites for hydroxylation is 1. The molecule has 2 heterocycles. The van der Waals surface area contributed by atoms with Gasteiger partial charge in [-0.25, -0.2) is 8.42 Å². The quantitative estimate of drug-likeness (QED) is 0.610. The van der Waals surface area contributed by atoms with Crippen LogP contribution in [0.5, 0.6) is 0 Å². The van der Waals surface area contributed by atoms with E-state index < -0.39 is 10.0 Å². The lowest BCUT2D eigenvalue weighted by Gasteiger charge is -2.34. The first-order chi connectivity index (χ1) is 14.0. The van der Waals surface area contributed by atoms with Gasteiger partial charge in [0.2, 0.25) is 15.8 Å². The van der Waals surface area contributed by atoms with Gasteiger partial charge in [0, 0.05) is 23.7 Å². The highest BCUT2D eigenvalue weighted by Crippen LogP contribution is 2.29. The number of hydrogen-bond acceptors (Lipinski definition) is 5. The van der Waals surface area contributed by atoms with Crippen LogP contribution in [-0.4, -0.2) is 35.5 Å². The molecule has 1 aliphatic rings. The minimum atomic E-state index is -3.56. The standard InChI is InChI=1S/C22H25N3O3S/c1-3-19-8-4-5-14-25(19)29(26,27)20-9-6-7-18(15-20)22-23-21(24-28-22)17-12-10-16(2)11-13-17/h6-7,9-13,15,19H,3-5,8,14H2,1-2H3/t19-/m0/s1. The summed E-state index contributed by atoms with van der Waals surface area (Å²) in [5.74, 6) is 0.790. The molecule has 1 aromatic heterocycles. The van der Waals surface area contributed by atoms with E-state index in [1.165, 1.54) is 0 Å². The average molecular weight is 412 g/mol. The van der Waals surface area contributed by atoms with Gasteiger partial charge in [-0.3, -0.25) is 0 Å². The van der Waals surface area contributed by atoms with Crippen molar-refractivity contribution in [3.8, 4) is 22.8 Å². The zero-order valence-corrected chi connectivity index (χ0v) is 17.5. The molecule has 6 nitrogen and oxygen atoms in total. The molecule has 1 aliphatic heterocycles. The molecule has 0 bridgehead atoms. The maximum atomic E-state index is 13.3. The Labute approximate surface area is 171 Å². The predicted molar refractivity (Wildman–Crippen MR) is 112 cm³/mol. The van der Waals surface area contributed by atoms with Gasteiger partial charge < -0.3 is 4.52 Å². The summed E-state index contributed by atoms with van der Waals surface area (Å²) in [5.41, 5.74) is 2.61. The van der Waals surface area contributed by atoms with Gasteiger partial charge in [-0.05, 0) is 44.4 Å². The smallest absolute Gasteiger partial charge is 0.258 e. The normalized spacial score (nSPS) is 18.1. The molecule has 1 atom stereocenters. The van der Waals surface area contributed by atoms with Gasteiger partial charge in [0.05, 0.1) is 4.90 Å². The maximum absolute atomic E-state index is 13.3. The van der Waals surface area contributed by atoms with Crippen LogP contribution < -0.4 is 0 Å². The Kier molecular flexibility index (Phi) is 5.52. The highest BCUT2D eigenvalue weighted by atomic mass is 32.2. The van der Waals surface area contributed by atoms with E-state index >= 15 is 0 Å². The monoisotopic (exact) mass is 411 g/mol. The molecule has 0 radical (unpaired) electrons. The summed E-state index contributed by atoms with van der Waals surface area (Å²) in [7, 11) is -3.56. The van der Waals surface area contributed by atoms with E-state index in [1.54, 1.807) is 28.6 Å². The van der Waals surface area contributed by atoms with Crippen LogP contribution >= 0.6 is 0 Å². The lowest BCUT2D eigenvalue weighted by atomic mass is 10.0. The zero-order valence-electron chi connectivity index (χ0n) is 16.7. The third-order valence-corrected chi connectivity index (χ3v) is 7.42. The molecule has 0 spiro atoms. The van der Waals surface area contributed by atoms with Crippen LogP contribution in [-0.2, 0) is 10.0 Å². The van der Waals surface area contributed by atoms with Gasteiger partial charge in [-0.2, -0.15) is 9.29 Å². The molecule has 0 saturated carbocycles. The molecule has 1 saturated heterocycles. The summed E-state index contributed by atoms with van der Waals surface area (Å²) in [6, 6.07) is 14.7. The number of benzene rings is 2. The molecule has 152 valence electrons. The van der Waals surface area contributed by atoms with E-state index in [1.807, 2.05) is 38.1 Å². The van der Waals surface area contributed by atoms with E-state index in [-0.39, 0.29) is 10.9 Å². The van der Waals surface area contributed by atoms with Crippen molar-refractivity contribution in [2.24, 2.45) is 0 Å². The van der Waals surface area contributed by atoms with Crippen molar-refractivity contribution in [2.75, 3.05) is 6.54 Å². The van der Waals surface area contributed by atoms with Crippen molar-refractivity contribution in [1.29, 1.82) is 0 Å². The Morgan fingerprint density at radius 2 is 1.90 bits per heavy atom. The third kappa shape index (κ3) is 3.97. The largest absolute Gasteiger partial charge is 0.334 e. The second-order valence-corrected chi connectivity index (χ2v) is 9.38. The summed E-state index contributed by atoms with van der Waals surface area (Å²) in [5, 5.41) is 4.05. The van der Waals surface area contributed by atoms with Gasteiger partial charge in [0.1, 0.15) is 0 Å². The predicted octanol–water partition coefficient (Wildman–Crippen LogP) is 4.67. The van der Waals surface area contributed by atoms with Crippen LogP contribution in [0.2, 0.25) is 0 Å². The number of hydrogen-bond donors (Lipinski definition) is 0. The summed E-state index contributed by atoms with van der Waals surface area (Å²) >= 11 is 0. The van der Waals surface area contributed by atoms with Crippen molar-refractivity contribution in [2.45, 2.75) is 50.5 Å². The minimum absolute atomic E-state index is 0.0638. The zero-order chi connectivity index (χ0) is 20.4. The molecular formula is C22H25N3O3S. The van der Waals surface area contributed by atoms with Crippen molar-refractivity contribution in [3.05, 3.63) is 54.1 Å². The fourth-order valence-electron chi connectivity index (χ4n) is 3.78. The van der Waals surface area contributed by atoms with Gasteiger partial charge in [0.25, 0.3) is 5.89 Å². The Balaban J connectivity index is 1.65. The van der Waals surface area contributed by atoms with Crippen molar-refractivity contribution < 1.29 is 12.9 Å². The van der Waals surface area contributed by atoms with Crippen molar-refractivity contribution in [1.82, 2.24) is 14.4 Å². The molecule has 29 heavy (non-hydrogen) atoms. The van der Waals surface area contributed by atoms with E-state index in [9.17, 15) is 8.42 Å². The SMILES string of the molecule is CC[C@H]1CCCCN1S(=O)(=O)c1cccc(-c2nc(-c3ccc(C)cc3)no2)c1. The van der Waals surface area contributed by atoms with E-state index in [0.717, 1.165) is 36.8 Å². The number of aromatic nitrogens is 2. The molecule has 2 aromatic carbocycles. The van der Waals surface area contributed by atoms with E-state index in [4.69, 9.17) is 4.52 Å². The van der Waals surface area contributed by atoms with Crippen LogP contribution in [0.15, 0.2) is 57.9 Å². The van der Waals surface area contributed by atoms with Gasteiger partial charge in [-0.1, -0.05) is 54.4 Å². The van der Waals surface area contributed by atoms with Crippen LogP contribution in [0.4, 0.5) is 0 Å². The summed E-state index contributed by atoms with van der Waals surface area (Å²) in [6.45, 7) is 4.63.